The molecule has 3 rings (SSSR count). The van der Waals surface area contributed by atoms with Crippen LogP contribution >= 0.6 is 11.8 Å². The highest BCUT2D eigenvalue weighted by molar-refractivity contribution is 7.99. The topological polar surface area (TPSA) is 103 Å². The zero-order chi connectivity index (χ0) is 24.7. The number of nitriles is 1. The number of carbonyl (C=O) groups excluding carboxylic acids is 1. The minimum absolute atomic E-state index is 0.0612. The number of alkyl halides is 1. The van der Waals surface area contributed by atoms with Crippen molar-refractivity contribution in [2.75, 3.05) is 6.54 Å². The van der Waals surface area contributed by atoms with Gasteiger partial charge in [-0.25, -0.2) is 9.18 Å². The first-order valence-corrected chi connectivity index (χ1v) is 11.9. The van der Waals surface area contributed by atoms with Crippen molar-refractivity contribution < 1.29 is 23.8 Å². The van der Waals surface area contributed by atoms with Crippen molar-refractivity contribution in [2.45, 2.75) is 55.6 Å². The largest absolute Gasteiger partial charge is 0.489 e. The van der Waals surface area contributed by atoms with Gasteiger partial charge in [-0.05, 0) is 37.1 Å². The molecule has 1 aliphatic heterocycles. The Morgan fingerprint density at radius 2 is 1.91 bits per heavy atom. The van der Waals surface area contributed by atoms with Gasteiger partial charge < -0.3 is 20.1 Å². The quantitative estimate of drug-likeness (QED) is 0.547. The molecule has 0 bridgehead atoms. The lowest BCUT2D eigenvalue weighted by Crippen LogP contribution is -2.58. The van der Waals surface area contributed by atoms with E-state index in [0.29, 0.717) is 12.4 Å². The summed E-state index contributed by atoms with van der Waals surface area (Å²) >= 11 is 1.40. The number of likely N-dealkylation sites (tertiary alicyclic amines) is 1. The fraction of sp³-hybridized carbons (Fsp3) is 0.400. The van der Waals surface area contributed by atoms with Crippen LogP contribution < -0.4 is 10.1 Å². The van der Waals surface area contributed by atoms with Crippen molar-refractivity contribution in [3.63, 3.8) is 0 Å². The maximum absolute atomic E-state index is 13.8. The van der Waals surface area contributed by atoms with Gasteiger partial charge in [0.25, 0.3) is 0 Å². The summed E-state index contributed by atoms with van der Waals surface area (Å²) in [6, 6.07) is 17.3. The number of amides is 2. The Balaban J connectivity index is 1.63. The van der Waals surface area contributed by atoms with Crippen LogP contribution in [0.15, 0.2) is 54.6 Å². The van der Waals surface area contributed by atoms with Crippen molar-refractivity contribution >= 4 is 23.8 Å². The predicted octanol–water partition coefficient (Wildman–Crippen LogP) is 4.38. The predicted molar refractivity (Wildman–Crippen MR) is 128 cm³/mol. The van der Waals surface area contributed by atoms with Gasteiger partial charge in [0, 0.05) is 16.9 Å². The molecule has 0 spiro atoms. The molecule has 0 aliphatic carbocycles. The first-order valence-electron chi connectivity index (χ1n) is 10.9. The summed E-state index contributed by atoms with van der Waals surface area (Å²) in [5.74, 6) is 0.663. The van der Waals surface area contributed by atoms with E-state index in [9.17, 15) is 24.3 Å². The van der Waals surface area contributed by atoms with Crippen LogP contribution in [0.5, 0.6) is 5.75 Å². The van der Waals surface area contributed by atoms with E-state index in [1.165, 1.54) is 11.8 Å². The third kappa shape index (κ3) is 6.64. The number of hydrogen-bond donors (Lipinski definition) is 2. The molecule has 34 heavy (non-hydrogen) atoms. The van der Waals surface area contributed by atoms with E-state index in [2.05, 4.69) is 5.32 Å². The Morgan fingerprint density at radius 3 is 2.53 bits per heavy atom. The van der Waals surface area contributed by atoms with E-state index >= 15 is 0 Å². The van der Waals surface area contributed by atoms with Crippen molar-refractivity contribution in [3.05, 3.63) is 65.7 Å². The van der Waals surface area contributed by atoms with Gasteiger partial charge in [0.05, 0.1) is 12.6 Å². The van der Waals surface area contributed by atoms with Gasteiger partial charge in [-0.1, -0.05) is 42.5 Å². The minimum Gasteiger partial charge on any atom is -0.489 e. The molecule has 2 N–H and O–H groups in total. The molecule has 2 aromatic rings. The summed E-state index contributed by atoms with van der Waals surface area (Å²) in [4.78, 5) is 25.7. The highest BCUT2D eigenvalue weighted by atomic mass is 32.2. The molecule has 1 fully saturated rings. The number of carbonyl (C=O) groups is 2. The first kappa shape index (κ1) is 25.4. The number of nitrogens with one attached hydrogen (secondary N) is 1. The van der Waals surface area contributed by atoms with E-state index in [1.54, 1.807) is 13.8 Å². The van der Waals surface area contributed by atoms with Crippen LogP contribution in [0.25, 0.3) is 0 Å². The van der Waals surface area contributed by atoms with E-state index in [-0.39, 0.29) is 13.0 Å². The van der Waals surface area contributed by atoms with Gasteiger partial charge in [-0.2, -0.15) is 5.26 Å². The van der Waals surface area contributed by atoms with Crippen LogP contribution in [0.1, 0.15) is 31.4 Å². The summed E-state index contributed by atoms with van der Waals surface area (Å²) in [5, 5.41) is 20.9. The smallest absolute Gasteiger partial charge is 0.405 e. The molecule has 1 saturated heterocycles. The molecule has 7 nitrogen and oxygen atoms in total. The zero-order valence-corrected chi connectivity index (χ0v) is 19.9. The second-order valence-electron chi connectivity index (χ2n) is 8.66. The zero-order valence-electron chi connectivity index (χ0n) is 19.1. The Labute approximate surface area is 202 Å². The second-order valence-corrected chi connectivity index (χ2v) is 10.3. The number of benzene rings is 2. The van der Waals surface area contributed by atoms with Crippen LogP contribution in [0.2, 0.25) is 0 Å². The van der Waals surface area contributed by atoms with Crippen LogP contribution in [-0.4, -0.2) is 51.6 Å². The van der Waals surface area contributed by atoms with Gasteiger partial charge >= 0.3 is 6.09 Å². The third-order valence-electron chi connectivity index (χ3n) is 5.67. The lowest BCUT2D eigenvalue weighted by Gasteiger charge is -2.35. The van der Waals surface area contributed by atoms with Crippen LogP contribution in [0.4, 0.5) is 9.18 Å². The Hall–Kier alpha value is -3.25. The van der Waals surface area contributed by atoms with Crippen molar-refractivity contribution in [2.24, 2.45) is 0 Å². The fourth-order valence-corrected chi connectivity index (χ4v) is 4.81. The average Bonchev–Trinajstić information content (AvgIpc) is 3.21. The number of rotatable bonds is 9. The van der Waals surface area contributed by atoms with Crippen LogP contribution in [-0.2, 0) is 17.2 Å². The van der Waals surface area contributed by atoms with Crippen molar-refractivity contribution in [3.8, 4) is 11.8 Å². The first-order chi connectivity index (χ1) is 16.2. The molecular formula is C25H28FN3O4S. The van der Waals surface area contributed by atoms with Crippen molar-refractivity contribution in [1.82, 2.24) is 10.2 Å². The van der Waals surface area contributed by atoms with Gasteiger partial charge in [-0.15, -0.1) is 11.8 Å². The number of thioether (sulfide) groups is 1. The fourth-order valence-electron chi connectivity index (χ4n) is 3.75. The molecule has 9 heteroatoms. The summed E-state index contributed by atoms with van der Waals surface area (Å²) in [6.07, 6.45) is -2.71. The van der Waals surface area contributed by atoms with Gasteiger partial charge in [-0.3, -0.25) is 4.79 Å². The maximum Gasteiger partial charge on any atom is 0.405 e. The number of ether oxygens (including phenoxy) is 1. The standard InChI is InChI=1S/C25H28FN3O4S/c1-25(2,22(28-24(31)32)23(30)29-14-19(26)12-20(29)13-27)34-16-18-8-10-21(11-9-18)33-15-17-6-4-3-5-7-17/h3-11,19-20,22,28H,12,14-16H2,1-2H3,(H,31,32)/t19-,20-,22+/m0/s1. The highest BCUT2D eigenvalue weighted by Crippen LogP contribution is 2.34. The molecular weight excluding hydrogens is 457 g/mol. The molecule has 1 heterocycles. The van der Waals surface area contributed by atoms with Gasteiger partial charge in [0.2, 0.25) is 5.91 Å². The summed E-state index contributed by atoms with van der Waals surface area (Å²) in [6.45, 7) is 3.78. The monoisotopic (exact) mass is 485 g/mol. The van der Waals surface area contributed by atoms with E-state index in [0.717, 1.165) is 21.8 Å². The Kier molecular flexibility index (Phi) is 8.40. The van der Waals surface area contributed by atoms with E-state index in [4.69, 9.17) is 4.74 Å². The molecule has 0 aromatic heterocycles. The van der Waals surface area contributed by atoms with Gasteiger partial charge in [0.15, 0.2) is 0 Å². The number of nitrogens with zero attached hydrogens (tertiary/aromatic N) is 2. The normalized spacial score (nSPS) is 18.7. The molecule has 3 atom stereocenters. The molecule has 1 aliphatic rings. The maximum atomic E-state index is 13.8. The molecule has 0 radical (unpaired) electrons. The Bertz CT molecular complexity index is 1030. The van der Waals surface area contributed by atoms with E-state index < -0.39 is 35.0 Å². The number of halogens is 1. The lowest BCUT2D eigenvalue weighted by atomic mass is 10.0. The number of hydrogen-bond acceptors (Lipinski definition) is 5. The molecule has 0 saturated carbocycles. The Morgan fingerprint density at radius 1 is 1.24 bits per heavy atom. The van der Waals surface area contributed by atoms with Crippen LogP contribution in [0, 0.1) is 11.3 Å². The molecule has 180 valence electrons. The average molecular weight is 486 g/mol. The van der Waals surface area contributed by atoms with E-state index in [1.807, 2.05) is 60.7 Å². The molecule has 0 unspecified atom stereocenters. The molecule has 2 aromatic carbocycles. The number of carboxylic acid groups (broad SMARTS) is 1. The molecule has 2 amide bonds. The SMILES string of the molecule is CC(C)(SCc1ccc(OCc2ccccc2)cc1)[C@H](NC(=O)O)C(=O)N1C[C@@H](F)C[C@H]1C#N. The summed E-state index contributed by atoms with van der Waals surface area (Å²) in [5.41, 5.74) is 2.05. The highest BCUT2D eigenvalue weighted by Gasteiger charge is 2.44. The van der Waals surface area contributed by atoms with Crippen LogP contribution in [0.3, 0.4) is 0 Å². The minimum atomic E-state index is -1.35. The third-order valence-corrected chi connectivity index (χ3v) is 7.13. The van der Waals surface area contributed by atoms with Crippen molar-refractivity contribution in [1.29, 1.82) is 5.26 Å². The second kappa shape index (κ2) is 11.3. The summed E-state index contributed by atoms with van der Waals surface area (Å²) in [7, 11) is 0. The van der Waals surface area contributed by atoms with Gasteiger partial charge in [0.1, 0.15) is 30.6 Å². The summed E-state index contributed by atoms with van der Waals surface area (Å²) < 4.78 is 18.8. The lowest BCUT2D eigenvalue weighted by molar-refractivity contribution is -0.134.